The Morgan fingerprint density at radius 2 is 1.56 bits per heavy atom. The van der Waals surface area contributed by atoms with Crippen LogP contribution in [0.5, 0.6) is 0 Å². The highest BCUT2D eigenvalue weighted by atomic mass is 15.2. The Balaban J connectivity index is 4.25. The van der Waals surface area contributed by atoms with E-state index in [0.717, 1.165) is 25.0 Å². The number of rotatable bonds is 11. The topological polar surface area (TPSA) is 15.3 Å². The first-order valence-electron chi connectivity index (χ1n) is 8.03. The van der Waals surface area contributed by atoms with Gasteiger partial charge in [-0.15, -0.1) is 0 Å². The molecule has 18 heavy (non-hydrogen) atoms. The lowest BCUT2D eigenvalue weighted by Gasteiger charge is -2.37. The Hall–Kier alpha value is -0.0800. The summed E-state index contributed by atoms with van der Waals surface area (Å²) in [7, 11) is 0. The molecule has 1 unspecified atom stereocenters. The van der Waals surface area contributed by atoms with Gasteiger partial charge in [-0.05, 0) is 51.6 Å². The molecule has 0 radical (unpaired) electrons. The molecule has 0 fully saturated rings. The Labute approximate surface area is 116 Å². The summed E-state index contributed by atoms with van der Waals surface area (Å²) in [5, 5.41) is 3.52. The van der Waals surface area contributed by atoms with Gasteiger partial charge < -0.3 is 5.32 Å². The molecule has 0 saturated carbocycles. The lowest BCUT2D eigenvalue weighted by molar-refractivity contribution is 0.112. The fourth-order valence-electron chi connectivity index (χ4n) is 2.65. The van der Waals surface area contributed by atoms with E-state index in [1.54, 1.807) is 0 Å². The van der Waals surface area contributed by atoms with E-state index in [1.165, 1.54) is 32.2 Å². The molecule has 1 atom stereocenters. The summed E-state index contributed by atoms with van der Waals surface area (Å²) in [6, 6.07) is 1.45. The van der Waals surface area contributed by atoms with Crippen LogP contribution in [0.1, 0.15) is 67.2 Å². The standard InChI is InChI=1S/C16H36N2/c1-7-11-17-12-10-15(6)18(13-14(4)5)16(8-2)9-3/h14-17H,7-13H2,1-6H3. The second-order valence-electron chi connectivity index (χ2n) is 5.95. The van der Waals surface area contributed by atoms with Crippen LogP contribution in [0.25, 0.3) is 0 Å². The van der Waals surface area contributed by atoms with Crippen molar-refractivity contribution in [1.82, 2.24) is 10.2 Å². The fraction of sp³-hybridized carbons (Fsp3) is 1.00. The van der Waals surface area contributed by atoms with Crippen molar-refractivity contribution in [2.45, 2.75) is 79.3 Å². The molecule has 0 aromatic rings. The summed E-state index contributed by atoms with van der Waals surface area (Å²) in [6.45, 7) is 17.5. The minimum absolute atomic E-state index is 0.696. The second kappa shape index (κ2) is 10.8. The van der Waals surface area contributed by atoms with Gasteiger partial charge >= 0.3 is 0 Å². The molecule has 2 nitrogen and oxygen atoms in total. The van der Waals surface area contributed by atoms with Gasteiger partial charge in [-0.2, -0.15) is 0 Å². The van der Waals surface area contributed by atoms with E-state index in [-0.39, 0.29) is 0 Å². The monoisotopic (exact) mass is 256 g/mol. The average molecular weight is 256 g/mol. The lowest BCUT2D eigenvalue weighted by atomic mass is 10.0. The Kier molecular flexibility index (Phi) is 10.8. The van der Waals surface area contributed by atoms with Crippen LogP contribution in [-0.4, -0.2) is 36.6 Å². The van der Waals surface area contributed by atoms with Gasteiger partial charge in [0.15, 0.2) is 0 Å². The molecule has 0 rings (SSSR count). The van der Waals surface area contributed by atoms with Gasteiger partial charge in [0.05, 0.1) is 0 Å². The van der Waals surface area contributed by atoms with E-state index in [4.69, 9.17) is 0 Å². The molecule has 0 spiro atoms. The number of nitrogens with one attached hydrogen (secondary N) is 1. The van der Waals surface area contributed by atoms with Crippen LogP contribution in [0.3, 0.4) is 0 Å². The Morgan fingerprint density at radius 1 is 0.944 bits per heavy atom. The van der Waals surface area contributed by atoms with Crippen molar-refractivity contribution in [2.75, 3.05) is 19.6 Å². The van der Waals surface area contributed by atoms with E-state index in [2.05, 4.69) is 51.8 Å². The Bertz CT molecular complexity index is 176. The van der Waals surface area contributed by atoms with Gasteiger partial charge in [-0.1, -0.05) is 34.6 Å². The van der Waals surface area contributed by atoms with E-state index >= 15 is 0 Å². The largest absolute Gasteiger partial charge is 0.317 e. The first kappa shape index (κ1) is 17.9. The van der Waals surface area contributed by atoms with Crippen LogP contribution in [0.2, 0.25) is 0 Å². The lowest BCUT2D eigenvalue weighted by Crippen LogP contribution is -2.44. The van der Waals surface area contributed by atoms with E-state index in [9.17, 15) is 0 Å². The van der Waals surface area contributed by atoms with Crippen molar-refractivity contribution in [3.63, 3.8) is 0 Å². The molecular formula is C16H36N2. The van der Waals surface area contributed by atoms with Crippen molar-refractivity contribution in [3.8, 4) is 0 Å². The number of hydrogen-bond donors (Lipinski definition) is 1. The molecule has 2 heteroatoms. The van der Waals surface area contributed by atoms with Crippen LogP contribution in [-0.2, 0) is 0 Å². The highest BCUT2D eigenvalue weighted by Crippen LogP contribution is 2.16. The SMILES string of the molecule is CCCNCCC(C)N(CC(C)C)C(CC)CC. The zero-order chi connectivity index (χ0) is 14.0. The van der Waals surface area contributed by atoms with Crippen molar-refractivity contribution in [2.24, 2.45) is 5.92 Å². The van der Waals surface area contributed by atoms with Crippen molar-refractivity contribution < 1.29 is 0 Å². The van der Waals surface area contributed by atoms with Crippen LogP contribution in [0.4, 0.5) is 0 Å². The molecule has 110 valence electrons. The summed E-state index contributed by atoms with van der Waals surface area (Å²) in [4.78, 5) is 2.73. The molecule has 0 amide bonds. The van der Waals surface area contributed by atoms with Gasteiger partial charge in [0, 0.05) is 18.6 Å². The molecule has 0 aliphatic carbocycles. The maximum atomic E-state index is 3.52. The van der Waals surface area contributed by atoms with Crippen LogP contribution >= 0.6 is 0 Å². The van der Waals surface area contributed by atoms with E-state index in [0.29, 0.717) is 6.04 Å². The molecule has 0 bridgehead atoms. The Morgan fingerprint density at radius 3 is 2.00 bits per heavy atom. The van der Waals surface area contributed by atoms with E-state index in [1.807, 2.05) is 0 Å². The molecule has 0 aromatic carbocycles. The average Bonchev–Trinajstić information content (AvgIpc) is 2.34. The summed E-state index contributed by atoms with van der Waals surface area (Å²) >= 11 is 0. The van der Waals surface area contributed by atoms with Gasteiger partial charge in [0.2, 0.25) is 0 Å². The summed E-state index contributed by atoms with van der Waals surface area (Å²) in [5.41, 5.74) is 0. The normalized spacial score (nSPS) is 13.8. The summed E-state index contributed by atoms with van der Waals surface area (Å²) in [5.74, 6) is 0.761. The second-order valence-corrected chi connectivity index (χ2v) is 5.95. The van der Waals surface area contributed by atoms with Crippen molar-refractivity contribution in [1.29, 1.82) is 0 Å². The molecular weight excluding hydrogens is 220 g/mol. The molecule has 0 aliphatic rings. The van der Waals surface area contributed by atoms with Crippen LogP contribution < -0.4 is 5.32 Å². The minimum Gasteiger partial charge on any atom is -0.317 e. The number of nitrogens with zero attached hydrogens (tertiary/aromatic N) is 1. The molecule has 0 aromatic heterocycles. The molecule has 0 heterocycles. The zero-order valence-electron chi connectivity index (χ0n) is 13.6. The van der Waals surface area contributed by atoms with Gasteiger partial charge in [0.25, 0.3) is 0 Å². The van der Waals surface area contributed by atoms with Crippen molar-refractivity contribution in [3.05, 3.63) is 0 Å². The first-order valence-corrected chi connectivity index (χ1v) is 8.03. The predicted octanol–water partition coefficient (Wildman–Crippen LogP) is 3.91. The third kappa shape index (κ3) is 7.38. The van der Waals surface area contributed by atoms with Crippen LogP contribution in [0, 0.1) is 5.92 Å². The smallest absolute Gasteiger partial charge is 0.00929 e. The van der Waals surface area contributed by atoms with Gasteiger partial charge in [-0.25, -0.2) is 0 Å². The number of hydrogen-bond acceptors (Lipinski definition) is 2. The van der Waals surface area contributed by atoms with Crippen molar-refractivity contribution >= 4 is 0 Å². The zero-order valence-corrected chi connectivity index (χ0v) is 13.6. The third-order valence-electron chi connectivity index (χ3n) is 3.72. The molecule has 0 aliphatic heterocycles. The van der Waals surface area contributed by atoms with Gasteiger partial charge in [0.1, 0.15) is 0 Å². The maximum Gasteiger partial charge on any atom is 0.00929 e. The molecule has 0 saturated heterocycles. The third-order valence-corrected chi connectivity index (χ3v) is 3.72. The highest BCUT2D eigenvalue weighted by molar-refractivity contribution is 4.76. The van der Waals surface area contributed by atoms with Crippen LogP contribution in [0.15, 0.2) is 0 Å². The van der Waals surface area contributed by atoms with E-state index < -0.39 is 0 Å². The van der Waals surface area contributed by atoms with Gasteiger partial charge in [-0.3, -0.25) is 4.90 Å². The minimum atomic E-state index is 0.696. The highest BCUT2D eigenvalue weighted by Gasteiger charge is 2.21. The summed E-state index contributed by atoms with van der Waals surface area (Å²) in [6.07, 6.45) is 5.05. The quantitative estimate of drug-likeness (QED) is 0.564. The first-order chi connectivity index (χ1) is 8.56. The maximum absolute atomic E-state index is 3.52. The molecule has 1 N–H and O–H groups in total. The summed E-state index contributed by atoms with van der Waals surface area (Å²) < 4.78 is 0. The predicted molar refractivity (Wildman–Crippen MR) is 83.2 cm³/mol. The fourth-order valence-corrected chi connectivity index (χ4v) is 2.65.